The molecule has 0 spiro atoms. The summed E-state index contributed by atoms with van der Waals surface area (Å²) in [6, 6.07) is 8.15. The van der Waals surface area contributed by atoms with E-state index in [0.717, 1.165) is 43.9 Å². The lowest BCUT2D eigenvalue weighted by atomic mass is 10.1. The van der Waals surface area contributed by atoms with Crippen LogP contribution in [0.4, 0.5) is 11.4 Å². The second-order valence-corrected chi connectivity index (χ2v) is 5.06. The van der Waals surface area contributed by atoms with Gasteiger partial charge in [-0.1, -0.05) is 12.1 Å². The zero-order valence-electron chi connectivity index (χ0n) is 11.3. The van der Waals surface area contributed by atoms with E-state index in [0.29, 0.717) is 6.61 Å². The van der Waals surface area contributed by atoms with Crippen LogP contribution in [0.2, 0.25) is 0 Å². The fourth-order valence-electron chi connectivity index (χ4n) is 2.93. The van der Waals surface area contributed by atoms with Crippen LogP contribution in [-0.2, 0) is 9.53 Å². The summed E-state index contributed by atoms with van der Waals surface area (Å²) in [6.07, 6.45) is 1.61. The quantitative estimate of drug-likeness (QED) is 0.815. The standard InChI is InChI=1S/C15H20N2O2/c1-2-16-9-10-17(13-7-4-3-6-12(13)16)15(18)14-8-5-11-19-14/h3-4,6-7,14H,2,5,8-11H2,1H3. The molecule has 2 heterocycles. The molecule has 1 aromatic rings. The molecule has 102 valence electrons. The number of fused-ring (bicyclic) bond motifs is 1. The molecular weight excluding hydrogens is 240 g/mol. The fourth-order valence-corrected chi connectivity index (χ4v) is 2.93. The normalized spacial score (nSPS) is 22.5. The number of rotatable bonds is 2. The van der Waals surface area contributed by atoms with Crippen molar-refractivity contribution in [2.75, 3.05) is 36.0 Å². The van der Waals surface area contributed by atoms with Gasteiger partial charge in [-0.25, -0.2) is 0 Å². The second-order valence-electron chi connectivity index (χ2n) is 5.06. The molecule has 1 unspecified atom stereocenters. The zero-order valence-corrected chi connectivity index (χ0v) is 11.3. The first-order valence-corrected chi connectivity index (χ1v) is 7.08. The Morgan fingerprint density at radius 3 is 2.79 bits per heavy atom. The lowest BCUT2D eigenvalue weighted by Crippen LogP contribution is -2.47. The number of para-hydroxylation sites is 2. The number of likely N-dealkylation sites (N-methyl/N-ethyl adjacent to an activating group) is 1. The Balaban J connectivity index is 1.89. The molecule has 0 saturated carbocycles. The number of carbonyl (C=O) groups is 1. The molecule has 0 N–H and O–H groups in total. The summed E-state index contributed by atoms with van der Waals surface area (Å²) in [6.45, 7) is 5.48. The van der Waals surface area contributed by atoms with Gasteiger partial charge in [-0.3, -0.25) is 4.79 Å². The first kappa shape index (κ1) is 12.5. The van der Waals surface area contributed by atoms with Gasteiger partial charge in [0.1, 0.15) is 6.10 Å². The molecule has 0 aromatic heterocycles. The molecule has 4 nitrogen and oxygen atoms in total. The monoisotopic (exact) mass is 260 g/mol. The number of amides is 1. The molecule has 4 heteroatoms. The van der Waals surface area contributed by atoms with E-state index in [2.05, 4.69) is 17.9 Å². The molecule has 1 saturated heterocycles. The van der Waals surface area contributed by atoms with E-state index < -0.39 is 0 Å². The molecule has 1 amide bonds. The van der Waals surface area contributed by atoms with Crippen LogP contribution in [-0.4, -0.2) is 38.3 Å². The van der Waals surface area contributed by atoms with Gasteiger partial charge in [-0.2, -0.15) is 0 Å². The molecule has 1 fully saturated rings. The summed E-state index contributed by atoms with van der Waals surface area (Å²) >= 11 is 0. The van der Waals surface area contributed by atoms with Gasteiger partial charge in [-0.15, -0.1) is 0 Å². The lowest BCUT2D eigenvalue weighted by Gasteiger charge is -2.38. The van der Waals surface area contributed by atoms with Gasteiger partial charge in [0.2, 0.25) is 0 Å². The minimum atomic E-state index is -0.235. The third kappa shape index (κ3) is 2.21. The van der Waals surface area contributed by atoms with Crippen LogP contribution in [0.25, 0.3) is 0 Å². The van der Waals surface area contributed by atoms with Crippen LogP contribution < -0.4 is 9.80 Å². The Bertz CT molecular complexity index is 469. The van der Waals surface area contributed by atoms with E-state index in [1.165, 1.54) is 0 Å². The molecule has 2 aliphatic heterocycles. The maximum absolute atomic E-state index is 12.5. The highest BCUT2D eigenvalue weighted by Gasteiger charge is 2.32. The summed E-state index contributed by atoms with van der Waals surface area (Å²) in [5.41, 5.74) is 2.18. The molecule has 1 aromatic carbocycles. The summed E-state index contributed by atoms with van der Waals surface area (Å²) in [5, 5.41) is 0. The molecule has 0 radical (unpaired) electrons. The Kier molecular flexibility index (Phi) is 3.42. The summed E-state index contributed by atoms with van der Waals surface area (Å²) in [5.74, 6) is 0.126. The lowest BCUT2D eigenvalue weighted by molar-refractivity contribution is -0.127. The van der Waals surface area contributed by atoms with Gasteiger partial charge in [0.25, 0.3) is 5.91 Å². The topological polar surface area (TPSA) is 32.8 Å². The molecule has 2 aliphatic rings. The number of hydrogen-bond acceptors (Lipinski definition) is 3. The van der Waals surface area contributed by atoms with Crippen molar-refractivity contribution in [3.8, 4) is 0 Å². The van der Waals surface area contributed by atoms with Crippen molar-refractivity contribution in [2.45, 2.75) is 25.9 Å². The largest absolute Gasteiger partial charge is 0.368 e. The highest BCUT2D eigenvalue weighted by atomic mass is 16.5. The predicted molar refractivity (Wildman–Crippen MR) is 75.7 cm³/mol. The predicted octanol–water partition coefficient (Wildman–Crippen LogP) is 2.04. The summed E-state index contributed by atoms with van der Waals surface area (Å²) in [7, 11) is 0. The number of benzene rings is 1. The number of anilines is 2. The van der Waals surface area contributed by atoms with E-state index in [1.807, 2.05) is 23.1 Å². The molecule has 19 heavy (non-hydrogen) atoms. The number of carbonyl (C=O) groups excluding carboxylic acids is 1. The molecular formula is C15H20N2O2. The van der Waals surface area contributed by atoms with Gasteiger partial charge in [0.05, 0.1) is 11.4 Å². The van der Waals surface area contributed by atoms with E-state index >= 15 is 0 Å². The van der Waals surface area contributed by atoms with Crippen molar-refractivity contribution < 1.29 is 9.53 Å². The van der Waals surface area contributed by atoms with Crippen molar-refractivity contribution in [2.24, 2.45) is 0 Å². The van der Waals surface area contributed by atoms with Crippen molar-refractivity contribution in [1.29, 1.82) is 0 Å². The smallest absolute Gasteiger partial charge is 0.256 e. The van der Waals surface area contributed by atoms with Crippen LogP contribution >= 0.6 is 0 Å². The van der Waals surface area contributed by atoms with Crippen LogP contribution in [0.3, 0.4) is 0 Å². The minimum absolute atomic E-state index is 0.126. The van der Waals surface area contributed by atoms with Crippen molar-refractivity contribution >= 4 is 17.3 Å². The van der Waals surface area contributed by atoms with Crippen LogP contribution in [0.5, 0.6) is 0 Å². The third-order valence-electron chi connectivity index (χ3n) is 3.96. The maximum Gasteiger partial charge on any atom is 0.256 e. The minimum Gasteiger partial charge on any atom is -0.368 e. The Hall–Kier alpha value is -1.55. The summed E-state index contributed by atoms with van der Waals surface area (Å²) in [4.78, 5) is 16.8. The second kappa shape index (κ2) is 5.21. The number of ether oxygens (including phenoxy) is 1. The van der Waals surface area contributed by atoms with Crippen molar-refractivity contribution in [1.82, 2.24) is 0 Å². The van der Waals surface area contributed by atoms with Gasteiger partial charge in [0.15, 0.2) is 0 Å². The average Bonchev–Trinajstić information content (AvgIpc) is 2.99. The Morgan fingerprint density at radius 1 is 1.32 bits per heavy atom. The van der Waals surface area contributed by atoms with E-state index in [-0.39, 0.29) is 12.0 Å². The van der Waals surface area contributed by atoms with E-state index in [9.17, 15) is 4.79 Å². The maximum atomic E-state index is 12.5. The first-order chi connectivity index (χ1) is 9.31. The Morgan fingerprint density at radius 2 is 2.11 bits per heavy atom. The molecule has 3 rings (SSSR count). The Labute approximate surface area is 113 Å². The van der Waals surface area contributed by atoms with E-state index in [1.54, 1.807) is 0 Å². The SMILES string of the molecule is CCN1CCN(C(=O)C2CCCO2)c2ccccc21. The first-order valence-electron chi connectivity index (χ1n) is 7.08. The van der Waals surface area contributed by atoms with Crippen molar-refractivity contribution in [3.05, 3.63) is 24.3 Å². The van der Waals surface area contributed by atoms with Gasteiger partial charge in [-0.05, 0) is 31.9 Å². The highest BCUT2D eigenvalue weighted by Crippen LogP contribution is 2.33. The van der Waals surface area contributed by atoms with Crippen LogP contribution in [0.1, 0.15) is 19.8 Å². The van der Waals surface area contributed by atoms with Crippen molar-refractivity contribution in [3.63, 3.8) is 0 Å². The van der Waals surface area contributed by atoms with Gasteiger partial charge < -0.3 is 14.5 Å². The molecule has 0 aliphatic carbocycles. The fraction of sp³-hybridized carbons (Fsp3) is 0.533. The summed E-state index contributed by atoms with van der Waals surface area (Å²) < 4.78 is 5.53. The average molecular weight is 260 g/mol. The van der Waals surface area contributed by atoms with E-state index in [4.69, 9.17) is 4.74 Å². The highest BCUT2D eigenvalue weighted by molar-refractivity contribution is 6.00. The molecule has 1 atom stereocenters. The third-order valence-corrected chi connectivity index (χ3v) is 3.96. The van der Waals surface area contributed by atoms with Gasteiger partial charge in [0, 0.05) is 26.2 Å². The van der Waals surface area contributed by atoms with Crippen LogP contribution in [0, 0.1) is 0 Å². The zero-order chi connectivity index (χ0) is 13.2. The molecule has 0 bridgehead atoms. The number of hydrogen-bond donors (Lipinski definition) is 0. The number of nitrogens with zero attached hydrogens (tertiary/aromatic N) is 2. The van der Waals surface area contributed by atoms with Gasteiger partial charge >= 0.3 is 0 Å². The van der Waals surface area contributed by atoms with Crippen LogP contribution in [0.15, 0.2) is 24.3 Å².